The number of nitrogens with zero attached hydrogens (tertiary/aromatic N) is 2. The van der Waals surface area contributed by atoms with Crippen molar-refractivity contribution in [2.45, 2.75) is 61.2 Å². The Labute approximate surface area is 214 Å². The third-order valence-corrected chi connectivity index (χ3v) is 5.93. The average Bonchev–Trinajstić information content (AvgIpc) is 2.80. The Balaban J connectivity index is 0.00000408. The largest absolute Gasteiger partial charge is 1.00 e. The van der Waals surface area contributed by atoms with E-state index in [1.807, 2.05) is 0 Å². The van der Waals surface area contributed by atoms with E-state index in [0.717, 1.165) is 14.1 Å². The number of ether oxygens (including phenoxy) is 3. The Morgan fingerprint density at radius 1 is 0.853 bits per heavy atom. The SMILES string of the molecule is Cn1c([O-])c([C@@H]2O[C@H](CO)[C@@H](O[C@@H]3O[C@H](CO)[C@@H](O)[C@H](O)[C@H]3O)[C@H](O)[C@H]2O)c(=O)n(C)c1=O.[Na+]. The van der Waals surface area contributed by atoms with Crippen LogP contribution in [0.5, 0.6) is 5.88 Å². The molecule has 2 saturated heterocycles. The van der Waals surface area contributed by atoms with Crippen molar-refractivity contribution in [3.05, 3.63) is 26.4 Å². The first-order valence-electron chi connectivity index (χ1n) is 10.0. The first-order chi connectivity index (χ1) is 15.5. The molecule has 2 fully saturated rings. The second-order valence-corrected chi connectivity index (χ2v) is 7.98. The fourth-order valence-corrected chi connectivity index (χ4v) is 3.92. The molecule has 0 bridgehead atoms. The monoisotopic (exact) mass is 502 g/mol. The molecule has 0 spiro atoms. The van der Waals surface area contributed by atoms with Crippen molar-refractivity contribution in [2.75, 3.05) is 13.2 Å². The molecule has 188 valence electrons. The molecule has 3 rings (SSSR count). The van der Waals surface area contributed by atoms with Gasteiger partial charge in [0.05, 0.1) is 18.8 Å². The zero-order valence-corrected chi connectivity index (χ0v) is 20.7. The standard InChI is InChI=1S/C18H28N2O13.Na/c1-19-15(28)7(16(29)20(2)18(19)30)14-11(26)10(25)13(6(4-22)31-14)33-17-12(27)9(24)8(23)5(3-21)32-17;/h5-6,8-14,17,21-28H,3-4H2,1-2H3;/q;+1/p-1/t5-,6-,8-,9+,10-,11-,12-,13-,14+,17+;/m1./s1. The van der Waals surface area contributed by atoms with Crippen molar-refractivity contribution in [3.8, 4) is 5.88 Å². The first kappa shape index (κ1) is 29.3. The van der Waals surface area contributed by atoms with Crippen LogP contribution in [0.2, 0.25) is 0 Å². The average molecular weight is 502 g/mol. The predicted molar refractivity (Wildman–Crippen MR) is 102 cm³/mol. The third-order valence-electron chi connectivity index (χ3n) is 5.93. The predicted octanol–water partition coefficient (Wildman–Crippen LogP) is -9.50. The summed E-state index contributed by atoms with van der Waals surface area (Å²) in [7, 11) is 2.21. The van der Waals surface area contributed by atoms with Crippen LogP contribution in [-0.4, -0.2) is 113 Å². The molecule has 16 heteroatoms. The number of hydrogen-bond donors (Lipinski definition) is 7. The van der Waals surface area contributed by atoms with Crippen LogP contribution < -0.4 is 45.9 Å². The Bertz CT molecular complexity index is 966. The van der Waals surface area contributed by atoms with E-state index in [2.05, 4.69) is 0 Å². The molecule has 1 aromatic rings. The Kier molecular flexibility index (Phi) is 9.85. The number of hydrogen-bond acceptors (Lipinski definition) is 13. The number of aliphatic hydroxyl groups is 7. The van der Waals surface area contributed by atoms with E-state index in [9.17, 15) is 50.4 Å². The van der Waals surface area contributed by atoms with E-state index < -0.39 is 97.1 Å². The minimum Gasteiger partial charge on any atom is -0.860 e. The summed E-state index contributed by atoms with van der Waals surface area (Å²) in [5.41, 5.74) is -2.64. The van der Waals surface area contributed by atoms with E-state index in [-0.39, 0.29) is 29.6 Å². The summed E-state index contributed by atoms with van der Waals surface area (Å²) in [5.74, 6) is -1.07. The molecule has 0 saturated carbocycles. The molecule has 0 unspecified atom stereocenters. The quantitative estimate of drug-likeness (QED) is 0.185. The van der Waals surface area contributed by atoms with E-state index in [1.54, 1.807) is 0 Å². The molecule has 3 heterocycles. The third kappa shape index (κ3) is 4.99. The molecule has 0 aliphatic carbocycles. The van der Waals surface area contributed by atoms with E-state index in [4.69, 9.17) is 14.2 Å². The normalized spacial score (nSPS) is 38.4. The summed E-state index contributed by atoms with van der Waals surface area (Å²) in [6.07, 6.45) is -17.0. The maximum atomic E-state index is 12.5. The fourth-order valence-electron chi connectivity index (χ4n) is 3.92. The molecule has 2 aliphatic rings. The minimum absolute atomic E-state index is 0. The summed E-state index contributed by atoms with van der Waals surface area (Å²) >= 11 is 0. The van der Waals surface area contributed by atoms with Crippen molar-refractivity contribution in [3.63, 3.8) is 0 Å². The molecule has 7 N–H and O–H groups in total. The van der Waals surface area contributed by atoms with Gasteiger partial charge in [-0.1, -0.05) is 0 Å². The van der Waals surface area contributed by atoms with Crippen molar-refractivity contribution in [2.24, 2.45) is 14.1 Å². The summed E-state index contributed by atoms with van der Waals surface area (Å²) in [6, 6.07) is 0. The van der Waals surface area contributed by atoms with Gasteiger partial charge in [-0.05, 0) is 5.88 Å². The summed E-state index contributed by atoms with van der Waals surface area (Å²) in [6.45, 7) is -1.59. The van der Waals surface area contributed by atoms with Gasteiger partial charge >= 0.3 is 35.2 Å². The van der Waals surface area contributed by atoms with Crippen LogP contribution in [0.1, 0.15) is 11.7 Å². The van der Waals surface area contributed by atoms with Gasteiger partial charge in [-0.3, -0.25) is 9.36 Å². The molecule has 2 aliphatic heterocycles. The molecule has 0 aromatic carbocycles. The molecular formula is C18H27N2NaO13. The zero-order valence-electron chi connectivity index (χ0n) is 18.7. The van der Waals surface area contributed by atoms with Crippen LogP contribution in [-0.2, 0) is 28.3 Å². The minimum atomic E-state index is -1.96. The summed E-state index contributed by atoms with van der Waals surface area (Å²) in [5, 5.41) is 82.8. The van der Waals surface area contributed by atoms with Crippen LogP contribution in [0, 0.1) is 0 Å². The van der Waals surface area contributed by atoms with Crippen molar-refractivity contribution >= 4 is 0 Å². The van der Waals surface area contributed by atoms with Gasteiger partial charge in [0.15, 0.2) is 6.29 Å². The van der Waals surface area contributed by atoms with Crippen LogP contribution in [0.25, 0.3) is 0 Å². The number of aliphatic hydroxyl groups excluding tert-OH is 7. The van der Waals surface area contributed by atoms with Gasteiger partial charge in [-0.25, -0.2) is 4.79 Å². The van der Waals surface area contributed by atoms with Crippen LogP contribution >= 0.6 is 0 Å². The fraction of sp³-hybridized carbons (Fsp3) is 0.778. The van der Waals surface area contributed by atoms with Gasteiger partial charge in [0.2, 0.25) is 0 Å². The van der Waals surface area contributed by atoms with Crippen molar-refractivity contribution in [1.82, 2.24) is 9.13 Å². The summed E-state index contributed by atoms with van der Waals surface area (Å²) in [4.78, 5) is 24.5. The second-order valence-electron chi connectivity index (χ2n) is 7.98. The first-order valence-corrected chi connectivity index (χ1v) is 10.0. The van der Waals surface area contributed by atoms with Gasteiger partial charge in [0.25, 0.3) is 5.56 Å². The smallest absolute Gasteiger partial charge is 0.860 e. The van der Waals surface area contributed by atoms with Crippen LogP contribution in [0.3, 0.4) is 0 Å². The Morgan fingerprint density at radius 3 is 2.00 bits per heavy atom. The maximum Gasteiger partial charge on any atom is 1.00 e. The molecule has 34 heavy (non-hydrogen) atoms. The molecule has 10 atom stereocenters. The van der Waals surface area contributed by atoms with Crippen molar-refractivity contribution in [1.29, 1.82) is 0 Å². The van der Waals surface area contributed by atoms with Gasteiger partial charge < -0.3 is 59.6 Å². The number of rotatable bonds is 5. The van der Waals surface area contributed by atoms with Gasteiger partial charge in [0.1, 0.15) is 54.9 Å². The second kappa shape index (κ2) is 11.4. The molecule has 15 nitrogen and oxygen atoms in total. The Morgan fingerprint density at radius 2 is 1.44 bits per heavy atom. The van der Waals surface area contributed by atoms with E-state index >= 15 is 0 Å². The van der Waals surface area contributed by atoms with Gasteiger partial charge in [-0.15, -0.1) is 0 Å². The zero-order chi connectivity index (χ0) is 24.8. The van der Waals surface area contributed by atoms with Crippen LogP contribution in [0.15, 0.2) is 9.59 Å². The van der Waals surface area contributed by atoms with E-state index in [0.29, 0.717) is 9.13 Å². The maximum absolute atomic E-state index is 12.5. The van der Waals surface area contributed by atoms with Crippen LogP contribution in [0.4, 0.5) is 0 Å². The molecule has 0 amide bonds. The molecule has 0 radical (unpaired) electrons. The van der Waals surface area contributed by atoms with E-state index in [1.165, 1.54) is 0 Å². The Hall–Kier alpha value is -0.920. The van der Waals surface area contributed by atoms with Crippen molar-refractivity contribution < 1.29 is 84.6 Å². The topological polar surface area (TPSA) is 236 Å². The summed E-state index contributed by atoms with van der Waals surface area (Å²) < 4.78 is 17.4. The molecular weight excluding hydrogens is 475 g/mol. The number of aromatic nitrogens is 2. The molecule has 1 aromatic heterocycles. The van der Waals surface area contributed by atoms with Gasteiger partial charge in [-0.2, -0.15) is 0 Å². The van der Waals surface area contributed by atoms with Gasteiger partial charge in [0, 0.05) is 14.1 Å².